The molecule has 2 rings (SSSR count). The monoisotopic (exact) mass is 221 g/mol. The largest absolute Gasteiger partial charge is 0.486 e. The van der Waals surface area contributed by atoms with Crippen molar-refractivity contribution in [3.8, 4) is 11.5 Å². The van der Waals surface area contributed by atoms with Crippen molar-refractivity contribution in [3.63, 3.8) is 0 Å². The molecule has 0 saturated heterocycles. The van der Waals surface area contributed by atoms with Crippen molar-refractivity contribution in [1.82, 2.24) is 0 Å². The van der Waals surface area contributed by atoms with Gasteiger partial charge in [-0.3, -0.25) is 0 Å². The Balaban J connectivity index is 2.34. The molecule has 0 saturated carbocycles. The predicted molar refractivity (Wildman–Crippen MR) is 64.1 cm³/mol. The van der Waals surface area contributed by atoms with E-state index in [2.05, 4.69) is 13.0 Å². The Morgan fingerprint density at radius 1 is 1.25 bits per heavy atom. The lowest BCUT2D eigenvalue weighted by atomic mass is 9.93. The van der Waals surface area contributed by atoms with Crippen LogP contribution >= 0.6 is 0 Å². The first-order chi connectivity index (χ1) is 7.47. The first-order valence-electron chi connectivity index (χ1n) is 5.64. The Kier molecular flexibility index (Phi) is 2.80. The van der Waals surface area contributed by atoms with E-state index in [1.54, 1.807) is 0 Å². The zero-order valence-corrected chi connectivity index (χ0v) is 10.2. The molecular weight excluding hydrogens is 202 g/mol. The normalized spacial score (nSPS) is 15.0. The highest BCUT2D eigenvalue weighted by Crippen LogP contribution is 2.36. The van der Waals surface area contributed by atoms with E-state index >= 15 is 0 Å². The summed E-state index contributed by atoms with van der Waals surface area (Å²) in [6.45, 7) is 7.39. The zero-order valence-electron chi connectivity index (χ0n) is 10.2. The highest BCUT2D eigenvalue weighted by molar-refractivity contribution is 5.51. The van der Waals surface area contributed by atoms with Gasteiger partial charge in [-0.2, -0.15) is 0 Å². The van der Waals surface area contributed by atoms with Gasteiger partial charge in [0.25, 0.3) is 0 Å². The number of hydrogen-bond donors (Lipinski definition) is 1. The number of rotatable bonds is 2. The van der Waals surface area contributed by atoms with E-state index in [-0.39, 0.29) is 5.54 Å². The lowest BCUT2D eigenvalue weighted by Crippen LogP contribution is -2.34. The Morgan fingerprint density at radius 2 is 1.94 bits per heavy atom. The standard InChI is InChI=1S/C13H19NO2/c1-9-10(8-13(2,3)14)4-5-11-12(9)16-7-6-15-11/h4-5H,6-8,14H2,1-3H3. The quantitative estimate of drug-likeness (QED) is 0.831. The van der Waals surface area contributed by atoms with Crippen molar-refractivity contribution in [2.75, 3.05) is 13.2 Å². The number of benzene rings is 1. The SMILES string of the molecule is Cc1c(CC(C)(C)N)ccc2c1OCCO2. The van der Waals surface area contributed by atoms with Crippen LogP contribution in [0.2, 0.25) is 0 Å². The lowest BCUT2D eigenvalue weighted by molar-refractivity contribution is 0.170. The highest BCUT2D eigenvalue weighted by atomic mass is 16.6. The molecule has 0 atom stereocenters. The summed E-state index contributed by atoms with van der Waals surface area (Å²) in [5, 5.41) is 0. The van der Waals surface area contributed by atoms with Gasteiger partial charge in [-0.05, 0) is 44.4 Å². The van der Waals surface area contributed by atoms with Crippen LogP contribution in [-0.2, 0) is 6.42 Å². The van der Waals surface area contributed by atoms with Crippen LogP contribution < -0.4 is 15.2 Å². The van der Waals surface area contributed by atoms with E-state index in [4.69, 9.17) is 15.2 Å². The molecule has 1 aromatic carbocycles. The van der Waals surface area contributed by atoms with Crippen LogP contribution in [0.15, 0.2) is 12.1 Å². The Morgan fingerprint density at radius 3 is 2.62 bits per heavy atom. The maximum atomic E-state index is 6.04. The molecule has 0 amide bonds. The molecule has 0 aromatic heterocycles. The summed E-state index contributed by atoms with van der Waals surface area (Å²) in [5.74, 6) is 1.73. The van der Waals surface area contributed by atoms with Crippen LogP contribution in [0.25, 0.3) is 0 Å². The van der Waals surface area contributed by atoms with Gasteiger partial charge in [-0.25, -0.2) is 0 Å². The van der Waals surface area contributed by atoms with Crippen LogP contribution in [0.5, 0.6) is 11.5 Å². The minimum atomic E-state index is -0.200. The second kappa shape index (κ2) is 3.98. The fraction of sp³-hybridized carbons (Fsp3) is 0.538. The van der Waals surface area contributed by atoms with Gasteiger partial charge in [0.15, 0.2) is 11.5 Å². The average Bonchev–Trinajstić information content (AvgIpc) is 2.21. The smallest absolute Gasteiger partial charge is 0.164 e. The van der Waals surface area contributed by atoms with Gasteiger partial charge in [-0.15, -0.1) is 0 Å². The maximum Gasteiger partial charge on any atom is 0.164 e. The molecule has 0 radical (unpaired) electrons. The third kappa shape index (κ3) is 2.30. The summed E-state index contributed by atoms with van der Waals surface area (Å²) in [5.41, 5.74) is 8.22. The summed E-state index contributed by atoms with van der Waals surface area (Å²) in [7, 11) is 0. The average molecular weight is 221 g/mol. The van der Waals surface area contributed by atoms with Crippen LogP contribution in [-0.4, -0.2) is 18.8 Å². The molecule has 0 bridgehead atoms. The van der Waals surface area contributed by atoms with E-state index in [1.807, 2.05) is 19.9 Å². The van der Waals surface area contributed by atoms with Gasteiger partial charge in [0.05, 0.1) is 0 Å². The Bertz CT molecular complexity index is 394. The summed E-state index contributed by atoms with van der Waals surface area (Å²) < 4.78 is 11.2. The molecule has 16 heavy (non-hydrogen) atoms. The van der Waals surface area contributed by atoms with Gasteiger partial charge in [0, 0.05) is 5.54 Å². The van der Waals surface area contributed by atoms with Gasteiger partial charge >= 0.3 is 0 Å². The molecule has 1 aliphatic heterocycles. The number of nitrogens with two attached hydrogens (primary N) is 1. The summed E-state index contributed by atoms with van der Waals surface area (Å²) >= 11 is 0. The van der Waals surface area contributed by atoms with Crippen molar-refractivity contribution in [1.29, 1.82) is 0 Å². The fourth-order valence-corrected chi connectivity index (χ4v) is 1.98. The first kappa shape index (κ1) is 11.3. The van der Waals surface area contributed by atoms with Gasteiger partial charge in [-0.1, -0.05) is 6.07 Å². The molecule has 0 spiro atoms. The van der Waals surface area contributed by atoms with Crippen LogP contribution in [0.1, 0.15) is 25.0 Å². The second-order valence-corrected chi connectivity index (χ2v) is 5.04. The van der Waals surface area contributed by atoms with Crippen molar-refractivity contribution in [3.05, 3.63) is 23.3 Å². The summed E-state index contributed by atoms with van der Waals surface area (Å²) in [4.78, 5) is 0. The Hall–Kier alpha value is -1.22. The molecule has 0 fully saturated rings. The lowest BCUT2D eigenvalue weighted by Gasteiger charge is -2.24. The van der Waals surface area contributed by atoms with E-state index in [9.17, 15) is 0 Å². The van der Waals surface area contributed by atoms with Crippen molar-refractivity contribution in [2.45, 2.75) is 32.7 Å². The fourth-order valence-electron chi connectivity index (χ4n) is 1.98. The molecule has 1 aliphatic rings. The van der Waals surface area contributed by atoms with E-state index < -0.39 is 0 Å². The maximum absolute atomic E-state index is 6.04. The minimum Gasteiger partial charge on any atom is -0.486 e. The van der Waals surface area contributed by atoms with Gasteiger partial charge in [0.1, 0.15) is 13.2 Å². The third-order valence-corrected chi connectivity index (χ3v) is 2.72. The molecule has 2 N–H and O–H groups in total. The van der Waals surface area contributed by atoms with Crippen LogP contribution in [0, 0.1) is 6.92 Å². The van der Waals surface area contributed by atoms with Crippen LogP contribution in [0.3, 0.4) is 0 Å². The van der Waals surface area contributed by atoms with E-state index in [0.29, 0.717) is 13.2 Å². The molecule has 88 valence electrons. The molecule has 3 nitrogen and oxygen atoms in total. The molecule has 0 unspecified atom stereocenters. The summed E-state index contributed by atoms with van der Waals surface area (Å²) in [6.07, 6.45) is 0.843. The van der Waals surface area contributed by atoms with Gasteiger partial charge in [0.2, 0.25) is 0 Å². The molecule has 1 aromatic rings. The number of ether oxygens (including phenoxy) is 2. The van der Waals surface area contributed by atoms with Crippen molar-refractivity contribution in [2.24, 2.45) is 5.73 Å². The topological polar surface area (TPSA) is 44.5 Å². The predicted octanol–water partition coefficient (Wildman–Crippen LogP) is 2.05. The van der Waals surface area contributed by atoms with Crippen molar-refractivity contribution >= 4 is 0 Å². The molecule has 0 aliphatic carbocycles. The highest BCUT2D eigenvalue weighted by Gasteiger charge is 2.19. The van der Waals surface area contributed by atoms with Gasteiger partial charge < -0.3 is 15.2 Å². The van der Waals surface area contributed by atoms with E-state index in [1.165, 1.54) is 5.56 Å². The first-order valence-corrected chi connectivity index (χ1v) is 5.64. The molecule has 3 heteroatoms. The number of hydrogen-bond acceptors (Lipinski definition) is 3. The number of fused-ring (bicyclic) bond motifs is 1. The third-order valence-electron chi connectivity index (χ3n) is 2.72. The Labute approximate surface area is 96.5 Å². The molecule has 1 heterocycles. The summed E-state index contributed by atoms with van der Waals surface area (Å²) in [6, 6.07) is 4.06. The van der Waals surface area contributed by atoms with Crippen molar-refractivity contribution < 1.29 is 9.47 Å². The minimum absolute atomic E-state index is 0.200. The zero-order chi connectivity index (χ0) is 11.8. The molecular formula is C13H19NO2. The van der Waals surface area contributed by atoms with Crippen LogP contribution in [0.4, 0.5) is 0 Å². The van der Waals surface area contributed by atoms with E-state index in [0.717, 1.165) is 23.5 Å². The second-order valence-electron chi connectivity index (χ2n) is 5.04.